The van der Waals surface area contributed by atoms with Crippen molar-refractivity contribution in [2.75, 3.05) is 18.5 Å². The number of hydrogen-bond donors (Lipinski definition) is 3. The fourth-order valence-electron chi connectivity index (χ4n) is 2.75. The summed E-state index contributed by atoms with van der Waals surface area (Å²) in [6.07, 6.45) is 3.48. The van der Waals surface area contributed by atoms with E-state index in [-0.39, 0.29) is 24.0 Å². The van der Waals surface area contributed by atoms with E-state index in [1.165, 1.54) is 5.56 Å². The van der Waals surface area contributed by atoms with Gasteiger partial charge in [0.15, 0.2) is 0 Å². The number of aliphatic hydroxyl groups excluding tert-OH is 1. The predicted molar refractivity (Wildman–Crippen MR) is 85.3 cm³/mol. The third-order valence-corrected chi connectivity index (χ3v) is 4.13. The van der Waals surface area contributed by atoms with E-state index >= 15 is 0 Å². The fourth-order valence-corrected chi connectivity index (χ4v) is 2.75. The smallest absolute Gasteiger partial charge is 0.241 e. The van der Waals surface area contributed by atoms with Crippen molar-refractivity contribution in [1.82, 2.24) is 5.32 Å². The Bertz CT molecular complexity index is 485. The standard InChI is InChI=1S/C17H26N2O2/c1-17(2,10-5-11-20)12-18-15-9-8-13-6-3-4-7-14(13)19-16(15)21/h3-4,6-7,15,18,20H,5,8-12H2,1-2H3,(H,19,21). The molecule has 1 aliphatic heterocycles. The molecule has 0 fully saturated rings. The van der Waals surface area contributed by atoms with Crippen LogP contribution in [0.2, 0.25) is 0 Å². The normalized spacial score (nSPS) is 18.8. The van der Waals surface area contributed by atoms with Crippen molar-refractivity contribution in [2.45, 2.75) is 45.6 Å². The number of benzene rings is 1. The molecular weight excluding hydrogens is 264 g/mol. The average molecular weight is 290 g/mol. The lowest BCUT2D eigenvalue weighted by Crippen LogP contribution is -2.44. The van der Waals surface area contributed by atoms with Crippen molar-refractivity contribution in [3.05, 3.63) is 29.8 Å². The quantitative estimate of drug-likeness (QED) is 0.753. The van der Waals surface area contributed by atoms with Crippen LogP contribution in [0.3, 0.4) is 0 Å². The van der Waals surface area contributed by atoms with E-state index in [1.807, 2.05) is 18.2 Å². The Balaban J connectivity index is 1.92. The summed E-state index contributed by atoms with van der Waals surface area (Å²) in [5, 5.41) is 15.4. The molecule has 0 spiro atoms. The van der Waals surface area contributed by atoms with Gasteiger partial charge in [0.2, 0.25) is 5.91 Å². The van der Waals surface area contributed by atoms with Gasteiger partial charge in [0.1, 0.15) is 0 Å². The van der Waals surface area contributed by atoms with Crippen LogP contribution in [0.15, 0.2) is 24.3 Å². The van der Waals surface area contributed by atoms with Gasteiger partial charge in [-0.25, -0.2) is 0 Å². The number of rotatable bonds is 6. The molecule has 1 heterocycles. The number of aryl methyl sites for hydroxylation is 1. The zero-order valence-corrected chi connectivity index (χ0v) is 13.0. The molecule has 0 bridgehead atoms. The number of carbonyl (C=O) groups excluding carboxylic acids is 1. The van der Waals surface area contributed by atoms with Gasteiger partial charge in [-0.05, 0) is 42.7 Å². The molecule has 0 saturated heterocycles. The maximum Gasteiger partial charge on any atom is 0.241 e. The monoisotopic (exact) mass is 290 g/mol. The van der Waals surface area contributed by atoms with Gasteiger partial charge >= 0.3 is 0 Å². The van der Waals surface area contributed by atoms with E-state index in [1.54, 1.807) is 0 Å². The second-order valence-corrected chi connectivity index (χ2v) is 6.61. The zero-order valence-electron chi connectivity index (χ0n) is 13.0. The molecule has 0 radical (unpaired) electrons. The van der Waals surface area contributed by atoms with Crippen LogP contribution in [-0.2, 0) is 11.2 Å². The first-order valence-electron chi connectivity index (χ1n) is 7.75. The van der Waals surface area contributed by atoms with Gasteiger partial charge in [-0.3, -0.25) is 4.79 Å². The highest BCUT2D eigenvalue weighted by Crippen LogP contribution is 2.24. The number of hydrogen-bond acceptors (Lipinski definition) is 3. The minimum absolute atomic E-state index is 0.0536. The van der Waals surface area contributed by atoms with Crippen LogP contribution >= 0.6 is 0 Å². The Kier molecular flexibility index (Phi) is 5.37. The van der Waals surface area contributed by atoms with Gasteiger partial charge < -0.3 is 15.7 Å². The number of fused-ring (bicyclic) bond motifs is 1. The van der Waals surface area contributed by atoms with Crippen molar-refractivity contribution >= 4 is 11.6 Å². The van der Waals surface area contributed by atoms with Crippen molar-refractivity contribution in [1.29, 1.82) is 0 Å². The second-order valence-electron chi connectivity index (χ2n) is 6.61. The van der Waals surface area contributed by atoms with Crippen LogP contribution in [0.4, 0.5) is 5.69 Å². The summed E-state index contributed by atoms with van der Waals surface area (Å²) in [6, 6.07) is 7.84. The second kappa shape index (κ2) is 7.05. The molecule has 4 heteroatoms. The molecule has 2 rings (SSSR count). The van der Waals surface area contributed by atoms with Crippen LogP contribution in [0.25, 0.3) is 0 Å². The predicted octanol–water partition coefficient (Wildman–Crippen LogP) is 2.33. The zero-order chi connectivity index (χ0) is 15.3. The highest BCUT2D eigenvalue weighted by molar-refractivity contribution is 5.96. The third kappa shape index (κ3) is 4.55. The minimum Gasteiger partial charge on any atom is -0.396 e. The molecule has 116 valence electrons. The van der Waals surface area contributed by atoms with Crippen molar-refractivity contribution in [3.63, 3.8) is 0 Å². The molecular formula is C17H26N2O2. The number of aliphatic hydroxyl groups is 1. The first-order valence-corrected chi connectivity index (χ1v) is 7.75. The van der Waals surface area contributed by atoms with E-state index in [0.29, 0.717) is 0 Å². The van der Waals surface area contributed by atoms with E-state index < -0.39 is 0 Å². The summed E-state index contributed by atoms with van der Waals surface area (Å²) in [4.78, 5) is 12.3. The summed E-state index contributed by atoms with van der Waals surface area (Å²) in [7, 11) is 0. The summed E-state index contributed by atoms with van der Waals surface area (Å²) in [5.41, 5.74) is 2.23. The highest BCUT2D eigenvalue weighted by Gasteiger charge is 2.25. The lowest BCUT2D eigenvalue weighted by molar-refractivity contribution is -0.118. The molecule has 1 aromatic carbocycles. The van der Waals surface area contributed by atoms with Crippen LogP contribution in [-0.4, -0.2) is 30.2 Å². The Hall–Kier alpha value is -1.39. The van der Waals surface area contributed by atoms with Gasteiger partial charge in [-0.1, -0.05) is 32.0 Å². The minimum atomic E-state index is -0.147. The number of nitrogens with one attached hydrogen (secondary N) is 2. The molecule has 3 N–H and O–H groups in total. The average Bonchev–Trinajstić information content (AvgIpc) is 2.62. The SMILES string of the molecule is CC(C)(CCCO)CNC1CCc2ccccc2NC1=O. The molecule has 21 heavy (non-hydrogen) atoms. The van der Waals surface area contributed by atoms with E-state index in [9.17, 15) is 4.79 Å². The Labute approximate surface area is 126 Å². The van der Waals surface area contributed by atoms with Crippen LogP contribution in [0, 0.1) is 5.41 Å². The number of amides is 1. The van der Waals surface area contributed by atoms with E-state index in [0.717, 1.165) is 37.9 Å². The van der Waals surface area contributed by atoms with E-state index in [4.69, 9.17) is 5.11 Å². The molecule has 0 saturated carbocycles. The fraction of sp³-hybridized carbons (Fsp3) is 0.588. The van der Waals surface area contributed by atoms with Crippen molar-refractivity contribution in [3.8, 4) is 0 Å². The highest BCUT2D eigenvalue weighted by atomic mass is 16.2. The van der Waals surface area contributed by atoms with Crippen LogP contribution in [0.1, 0.15) is 38.7 Å². The summed E-state index contributed by atoms with van der Waals surface area (Å²) in [5.74, 6) is 0.0536. The Morgan fingerprint density at radius 2 is 2.14 bits per heavy atom. The van der Waals surface area contributed by atoms with Gasteiger partial charge in [-0.2, -0.15) is 0 Å². The maximum absolute atomic E-state index is 12.3. The van der Waals surface area contributed by atoms with E-state index in [2.05, 4.69) is 30.5 Å². The first kappa shape index (κ1) is 16.0. The molecule has 1 amide bonds. The molecule has 1 aliphatic rings. The number of carbonyl (C=O) groups is 1. The van der Waals surface area contributed by atoms with Crippen LogP contribution in [0.5, 0.6) is 0 Å². The Morgan fingerprint density at radius 3 is 2.90 bits per heavy atom. The first-order chi connectivity index (χ1) is 10.0. The summed E-state index contributed by atoms with van der Waals surface area (Å²) >= 11 is 0. The Morgan fingerprint density at radius 1 is 1.38 bits per heavy atom. The molecule has 4 nitrogen and oxygen atoms in total. The molecule has 1 atom stereocenters. The molecule has 0 aromatic heterocycles. The van der Waals surface area contributed by atoms with Crippen LogP contribution < -0.4 is 10.6 Å². The van der Waals surface area contributed by atoms with Crippen molar-refractivity contribution in [2.24, 2.45) is 5.41 Å². The van der Waals surface area contributed by atoms with Gasteiger partial charge in [0.05, 0.1) is 6.04 Å². The molecule has 0 aliphatic carbocycles. The maximum atomic E-state index is 12.3. The lowest BCUT2D eigenvalue weighted by atomic mass is 9.87. The van der Waals surface area contributed by atoms with Gasteiger partial charge in [0.25, 0.3) is 0 Å². The summed E-state index contributed by atoms with van der Waals surface area (Å²) in [6.45, 7) is 5.34. The topological polar surface area (TPSA) is 61.4 Å². The van der Waals surface area contributed by atoms with Crippen molar-refractivity contribution < 1.29 is 9.90 Å². The number of para-hydroxylation sites is 1. The molecule has 1 unspecified atom stereocenters. The van der Waals surface area contributed by atoms with Gasteiger partial charge in [0, 0.05) is 18.8 Å². The number of anilines is 1. The largest absolute Gasteiger partial charge is 0.396 e. The molecule has 1 aromatic rings. The lowest BCUT2D eigenvalue weighted by Gasteiger charge is -2.27. The third-order valence-electron chi connectivity index (χ3n) is 4.13. The summed E-state index contributed by atoms with van der Waals surface area (Å²) < 4.78 is 0. The van der Waals surface area contributed by atoms with Gasteiger partial charge in [-0.15, -0.1) is 0 Å².